The molecule has 27 heavy (non-hydrogen) atoms. The number of aryl methyl sites for hydroxylation is 1. The number of nitrogens with zero attached hydrogens (tertiary/aromatic N) is 3. The lowest BCUT2D eigenvalue weighted by Gasteiger charge is -2.43. The Morgan fingerprint density at radius 3 is 2.59 bits per heavy atom. The molecule has 0 radical (unpaired) electrons. The molecule has 2 aliphatic heterocycles. The summed E-state index contributed by atoms with van der Waals surface area (Å²) in [5.74, 6) is 0.496. The summed E-state index contributed by atoms with van der Waals surface area (Å²) in [4.78, 5) is 16.0. The summed E-state index contributed by atoms with van der Waals surface area (Å²) in [5, 5.41) is 14.3. The van der Waals surface area contributed by atoms with Crippen molar-refractivity contribution in [2.75, 3.05) is 19.7 Å². The van der Waals surface area contributed by atoms with Crippen molar-refractivity contribution in [2.24, 2.45) is 11.8 Å². The maximum atomic E-state index is 10.6. The van der Waals surface area contributed by atoms with E-state index in [0.29, 0.717) is 12.0 Å². The van der Waals surface area contributed by atoms with E-state index >= 15 is 0 Å². The van der Waals surface area contributed by atoms with E-state index in [1.807, 2.05) is 6.92 Å². The van der Waals surface area contributed by atoms with Gasteiger partial charge >= 0.3 is 12.1 Å². The Hall–Kier alpha value is -1.68. The molecule has 0 spiro atoms. The minimum absolute atomic E-state index is 0.332. The van der Waals surface area contributed by atoms with E-state index in [4.69, 9.17) is 14.6 Å². The lowest BCUT2D eigenvalue weighted by molar-refractivity contribution is -0.192. The quantitative estimate of drug-likeness (QED) is 0.822. The van der Waals surface area contributed by atoms with Gasteiger partial charge in [0.1, 0.15) is 5.82 Å². The number of rotatable bonds is 3. The van der Waals surface area contributed by atoms with Gasteiger partial charge < -0.3 is 14.7 Å². The number of fused-ring (bicyclic) bond motifs is 1. The van der Waals surface area contributed by atoms with Crippen LogP contribution in [0.15, 0.2) is 0 Å². The number of hydrogen-bond acceptors (Lipinski definition) is 5. The summed E-state index contributed by atoms with van der Waals surface area (Å²) in [5.41, 5.74) is 0. The summed E-state index contributed by atoms with van der Waals surface area (Å²) >= 11 is 0. The van der Waals surface area contributed by atoms with Crippen LogP contribution < -0.4 is 0 Å². The Balaban J connectivity index is 0.000000260. The Bertz CT molecular complexity index is 648. The molecule has 0 amide bonds. The van der Waals surface area contributed by atoms with Gasteiger partial charge in [-0.25, -0.2) is 9.78 Å². The molecule has 3 aliphatic rings. The molecule has 1 saturated carbocycles. The van der Waals surface area contributed by atoms with E-state index in [-0.39, 0.29) is 0 Å². The zero-order chi connectivity index (χ0) is 19.6. The van der Waals surface area contributed by atoms with Gasteiger partial charge in [-0.05, 0) is 38.6 Å². The number of hydrogen-bond donors (Lipinski definition) is 2. The molecule has 1 aliphatic carbocycles. The number of carbonyl (C=O) groups is 1. The third-order valence-electron chi connectivity index (χ3n) is 5.69. The number of nitrogens with one attached hydrogen (secondary N) is 1. The van der Waals surface area contributed by atoms with Crippen molar-refractivity contribution >= 4 is 5.97 Å². The first kappa shape index (κ1) is 20.1. The van der Waals surface area contributed by atoms with Crippen molar-refractivity contribution in [3.8, 4) is 0 Å². The normalized spacial score (nSPS) is 28.8. The van der Waals surface area contributed by atoms with Crippen molar-refractivity contribution in [1.82, 2.24) is 20.1 Å². The van der Waals surface area contributed by atoms with Crippen molar-refractivity contribution in [2.45, 2.75) is 57.3 Å². The van der Waals surface area contributed by atoms with Crippen LogP contribution in [-0.2, 0) is 16.0 Å². The molecule has 7 nitrogen and oxygen atoms in total. The number of likely N-dealkylation sites (tertiary alicyclic amines) is 1. The molecule has 3 heterocycles. The number of ether oxygens (including phenoxy) is 1. The van der Waals surface area contributed by atoms with Crippen LogP contribution in [0.1, 0.15) is 37.3 Å². The van der Waals surface area contributed by atoms with Crippen LogP contribution in [0.2, 0.25) is 0 Å². The number of H-pyrrole nitrogens is 1. The van der Waals surface area contributed by atoms with Gasteiger partial charge in [-0.15, -0.1) is 0 Å². The molecule has 152 valence electrons. The van der Waals surface area contributed by atoms with E-state index in [9.17, 15) is 13.2 Å². The monoisotopic (exact) mass is 390 g/mol. The van der Waals surface area contributed by atoms with Crippen LogP contribution >= 0.6 is 0 Å². The van der Waals surface area contributed by atoms with Crippen LogP contribution in [0.25, 0.3) is 0 Å². The fraction of sp³-hybridized carbons (Fsp3) is 0.824. The van der Waals surface area contributed by atoms with Gasteiger partial charge in [0.05, 0.1) is 12.7 Å². The number of halogens is 3. The van der Waals surface area contributed by atoms with Gasteiger partial charge in [-0.2, -0.15) is 18.3 Å². The molecule has 2 N–H and O–H groups in total. The largest absolute Gasteiger partial charge is 0.490 e. The highest BCUT2D eigenvalue weighted by atomic mass is 19.4. The molecule has 0 unspecified atom stereocenters. The number of aromatic nitrogens is 3. The Labute approximate surface area is 155 Å². The topological polar surface area (TPSA) is 91.3 Å². The molecule has 3 atom stereocenters. The maximum absolute atomic E-state index is 10.6. The van der Waals surface area contributed by atoms with Crippen LogP contribution in [0.5, 0.6) is 0 Å². The molecule has 1 aromatic rings. The first-order valence-corrected chi connectivity index (χ1v) is 9.27. The summed E-state index contributed by atoms with van der Waals surface area (Å²) in [7, 11) is 0. The summed E-state index contributed by atoms with van der Waals surface area (Å²) in [6.07, 6.45) is 1.66. The lowest BCUT2D eigenvalue weighted by atomic mass is 9.80. The van der Waals surface area contributed by atoms with Crippen LogP contribution in [0.4, 0.5) is 13.2 Å². The lowest BCUT2D eigenvalue weighted by Crippen LogP contribution is -2.49. The molecule has 0 bridgehead atoms. The number of aromatic amines is 1. The average Bonchev–Trinajstić information content (AvgIpc) is 3.12. The van der Waals surface area contributed by atoms with Crippen LogP contribution in [0.3, 0.4) is 0 Å². The maximum Gasteiger partial charge on any atom is 0.490 e. The standard InChI is InChI=1S/C15H24N4O.C2HF3O2/c1-10-16-15(18-17-10)7-14-13-5-6-19(12-3-2-4-12)8-11(13)9-20-14;3-2(4,5)1(6)7/h11-14H,2-9H2,1H3,(H,16,17,18);(H,6,7)/t11-,13-,14+;/m1./s1. The smallest absolute Gasteiger partial charge is 0.475 e. The molecule has 4 rings (SSSR count). The summed E-state index contributed by atoms with van der Waals surface area (Å²) in [6.45, 7) is 5.39. The van der Waals surface area contributed by atoms with E-state index < -0.39 is 12.1 Å². The Kier molecular flexibility index (Phi) is 6.05. The van der Waals surface area contributed by atoms with Gasteiger partial charge in [-0.1, -0.05) is 6.42 Å². The fourth-order valence-corrected chi connectivity index (χ4v) is 4.07. The zero-order valence-corrected chi connectivity index (χ0v) is 15.2. The molecule has 0 aromatic carbocycles. The van der Waals surface area contributed by atoms with Gasteiger partial charge in [0.2, 0.25) is 0 Å². The minimum atomic E-state index is -5.08. The first-order valence-electron chi connectivity index (χ1n) is 9.27. The molecular weight excluding hydrogens is 365 g/mol. The molecule has 1 aromatic heterocycles. The van der Waals surface area contributed by atoms with E-state index in [0.717, 1.165) is 36.6 Å². The van der Waals surface area contributed by atoms with Crippen molar-refractivity contribution in [1.29, 1.82) is 0 Å². The second-order valence-corrected chi connectivity index (χ2v) is 7.51. The Morgan fingerprint density at radius 2 is 2.07 bits per heavy atom. The average molecular weight is 390 g/mol. The van der Waals surface area contributed by atoms with E-state index in [2.05, 4.69) is 20.1 Å². The minimum Gasteiger partial charge on any atom is -0.475 e. The summed E-state index contributed by atoms with van der Waals surface area (Å²) in [6, 6.07) is 0.880. The number of carboxylic acid groups (broad SMARTS) is 1. The van der Waals surface area contributed by atoms with Gasteiger partial charge in [0, 0.05) is 24.9 Å². The first-order chi connectivity index (χ1) is 12.7. The van der Waals surface area contributed by atoms with Crippen molar-refractivity contribution < 1.29 is 27.8 Å². The predicted octanol–water partition coefficient (Wildman–Crippen LogP) is 2.18. The highest BCUT2D eigenvalue weighted by Crippen LogP contribution is 2.38. The third kappa shape index (κ3) is 4.98. The predicted molar refractivity (Wildman–Crippen MR) is 89.1 cm³/mol. The highest BCUT2D eigenvalue weighted by molar-refractivity contribution is 5.73. The van der Waals surface area contributed by atoms with Crippen molar-refractivity contribution in [3.63, 3.8) is 0 Å². The van der Waals surface area contributed by atoms with Crippen molar-refractivity contribution in [3.05, 3.63) is 11.6 Å². The highest BCUT2D eigenvalue weighted by Gasteiger charge is 2.43. The number of piperidine rings is 1. The van der Waals surface area contributed by atoms with E-state index in [1.165, 1.54) is 38.8 Å². The molecule has 10 heteroatoms. The van der Waals surface area contributed by atoms with Crippen LogP contribution in [-0.4, -0.2) is 69.2 Å². The number of alkyl halides is 3. The number of aliphatic carboxylic acids is 1. The molecule has 3 fully saturated rings. The zero-order valence-electron chi connectivity index (χ0n) is 15.2. The summed E-state index contributed by atoms with van der Waals surface area (Å²) < 4.78 is 37.8. The van der Waals surface area contributed by atoms with Crippen LogP contribution in [0, 0.1) is 18.8 Å². The SMILES string of the molecule is Cc1nc(C[C@@H]2OC[C@H]3CN(C4CCC4)CC[C@H]32)n[nH]1.O=C(O)C(F)(F)F. The number of carboxylic acids is 1. The fourth-order valence-electron chi connectivity index (χ4n) is 4.07. The van der Waals surface area contributed by atoms with Gasteiger partial charge in [0.15, 0.2) is 5.82 Å². The molecule has 2 saturated heterocycles. The third-order valence-corrected chi connectivity index (χ3v) is 5.69. The van der Waals surface area contributed by atoms with E-state index in [1.54, 1.807) is 0 Å². The van der Waals surface area contributed by atoms with Gasteiger partial charge in [-0.3, -0.25) is 5.10 Å². The molecular formula is C17H25F3N4O3. The second kappa shape index (κ2) is 8.14. The van der Waals surface area contributed by atoms with Gasteiger partial charge in [0.25, 0.3) is 0 Å². The Morgan fingerprint density at radius 1 is 1.37 bits per heavy atom. The second-order valence-electron chi connectivity index (χ2n) is 7.51.